The number of carbonyl (C=O) groups excluding carboxylic acids is 2. The molecule has 1 aliphatic carbocycles. The summed E-state index contributed by atoms with van der Waals surface area (Å²) in [5.74, 6) is 0.634. The Hall–Kier alpha value is -1.79. The van der Waals surface area contributed by atoms with Crippen LogP contribution < -0.4 is 15.4 Å². The van der Waals surface area contributed by atoms with Crippen molar-refractivity contribution in [3.05, 3.63) is 23.2 Å². The van der Waals surface area contributed by atoms with E-state index >= 15 is 0 Å². The molecular formula is C20H30ClN3O3. The van der Waals surface area contributed by atoms with Gasteiger partial charge in [0.25, 0.3) is 0 Å². The molecule has 0 atom stereocenters. The second-order valence-electron chi connectivity index (χ2n) is 7.33. The summed E-state index contributed by atoms with van der Waals surface area (Å²) in [6, 6.07) is 5.19. The largest absolute Gasteiger partial charge is 0.495 e. The summed E-state index contributed by atoms with van der Waals surface area (Å²) < 4.78 is 5.12. The number of anilines is 1. The molecule has 27 heavy (non-hydrogen) atoms. The number of nitrogens with zero attached hydrogens (tertiary/aromatic N) is 1. The van der Waals surface area contributed by atoms with E-state index in [1.165, 1.54) is 0 Å². The SMILES string of the molecule is COc1ccc(NC(=O)C2CCC(C(=O)NCCCN(C)C)CC2)cc1Cl. The van der Waals surface area contributed by atoms with Crippen LogP contribution in [0.3, 0.4) is 0 Å². The number of ether oxygens (including phenoxy) is 1. The molecular weight excluding hydrogens is 366 g/mol. The predicted octanol–water partition coefficient (Wildman–Crippen LogP) is 3.16. The molecule has 150 valence electrons. The molecule has 1 aromatic rings. The number of rotatable bonds is 8. The minimum atomic E-state index is -0.0660. The second-order valence-corrected chi connectivity index (χ2v) is 7.74. The van der Waals surface area contributed by atoms with Gasteiger partial charge in [0.15, 0.2) is 0 Å². The van der Waals surface area contributed by atoms with Crippen LogP contribution in [0.5, 0.6) is 5.75 Å². The van der Waals surface area contributed by atoms with Crippen LogP contribution in [0.1, 0.15) is 32.1 Å². The van der Waals surface area contributed by atoms with Crippen molar-refractivity contribution in [2.45, 2.75) is 32.1 Å². The van der Waals surface area contributed by atoms with Crippen LogP contribution in [-0.2, 0) is 9.59 Å². The van der Waals surface area contributed by atoms with Crippen molar-refractivity contribution in [1.82, 2.24) is 10.2 Å². The Labute approximate surface area is 166 Å². The van der Waals surface area contributed by atoms with Gasteiger partial charge < -0.3 is 20.3 Å². The van der Waals surface area contributed by atoms with Gasteiger partial charge in [-0.2, -0.15) is 0 Å². The Morgan fingerprint density at radius 1 is 1.15 bits per heavy atom. The van der Waals surface area contributed by atoms with Gasteiger partial charge in [0.2, 0.25) is 11.8 Å². The average molecular weight is 396 g/mol. The first-order valence-electron chi connectivity index (χ1n) is 9.47. The Balaban J connectivity index is 1.75. The molecule has 1 aliphatic rings. The van der Waals surface area contributed by atoms with Crippen molar-refractivity contribution in [2.24, 2.45) is 11.8 Å². The molecule has 0 radical (unpaired) electrons. The van der Waals surface area contributed by atoms with Crippen molar-refractivity contribution < 1.29 is 14.3 Å². The molecule has 2 N–H and O–H groups in total. The van der Waals surface area contributed by atoms with Gasteiger partial charge in [-0.25, -0.2) is 0 Å². The van der Waals surface area contributed by atoms with Crippen LogP contribution in [0, 0.1) is 11.8 Å². The molecule has 7 heteroatoms. The molecule has 0 aromatic heterocycles. The van der Waals surface area contributed by atoms with Gasteiger partial charge in [0, 0.05) is 24.1 Å². The maximum Gasteiger partial charge on any atom is 0.227 e. The highest BCUT2D eigenvalue weighted by Gasteiger charge is 2.29. The van der Waals surface area contributed by atoms with Crippen molar-refractivity contribution >= 4 is 29.1 Å². The molecule has 2 rings (SSSR count). The zero-order chi connectivity index (χ0) is 19.8. The summed E-state index contributed by atoms with van der Waals surface area (Å²) in [7, 11) is 5.60. The number of benzene rings is 1. The van der Waals surface area contributed by atoms with Gasteiger partial charge >= 0.3 is 0 Å². The van der Waals surface area contributed by atoms with E-state index in [1.54, 1.807) is 25.3 Å². The standard InChI is InChI=1S/C20H30ClN3O3/c1-24(2)12-4-11-22-19(25)14-5-7-15(8-6-14)20(26)23-16-9-10-18(27-3)17(21)13-16/h9-10,13-15H,4-8,11-12H2,1-3H3,(H,22,25)(H,23,26). The van der Waals surface area contributed by atoms with E-state index < -0.39 is 0 Å². The zero-order valence-corrected chi connectivity index (χ0v) is 17.1. The van der Waals surface area contributed by atoms with Gasteiger partial charge in [-0.15, -0.1) is 0 Å². The quantitative estimate of drug-likeness (QED) is 0.663. The topological polar surface area (TPSA) is 70.7 Å². The Morgan fingerprint density at radius 2 is 1.78 bits per heavy atom. The molecule has 0 heterocycles. The van der Waals surface area contributed by atoms with E-state index in [4.69, 9.17) is 16.3 Å². The third kappa shape index (κ3) is 6.70. The van der Waals surface area contributed by atoms with E-state index in [1.807, 2.05) is 14.1 Å². The number of nitrogens with one attached hydrogen (secondary N) is 2. The fourth-order valence-corrected chi connectivity index (χ4v) is 3.62. The number of halogens is 1. The number of hydrogen-bond acceptors (Lipinski definition) is 4. The summed E-state index contributed by atoms with van der Waals surface area (Å²) in [6.45, 7) is 1.66. The third-order valence-corrected chi connectivity index (χ3v) is 5.26. The minimum absolute atomic E-state index is 0.0129. The van der Waals surface area contributed by atoms with E-state index in [-0.39, 0.29) is 23.7 Å². The first-order valence-corrected chi connectivity index (χ1v) is 9.85. The Morgan fingerprint density at radius 3 is 2.33 bits per heavy atom. The van der Waals surface area contributed by atoms with Crippen LogP contribution in [0.15, 0.2) is 18.2 Å². The fourth-order valence-electron chi connectivity index (χ4n) is 3.36. The van der Waals surface area contributed by atoms with Crippen molar-refractivity contribution in [2.75, 3.05) is 39.6 Å². The van der Waals surface area contributed by atoms with Crippen LogP contribution >= 0.6 is 11.6 Å². The van der Waals surface area contributed by atoms with Crippen LogP contribution in [0.25, 0.3) is 0 Å². The summed E-state index contributed by atoms with van der Waals surface area (Å²) in [5.41, 5.74) is 0.659. The summed E-state index contributed by atoms with van der Waals surface area (Å²) in [4.78, 5) is 26.9. The summed E-state index contributed by atoms with van der Waals surface area (Å²) in [5, 5.41) is 6.40. The van der Waals surface area contributed by atoms with E-state index in [2.05, 4.69) is 15.5 Å². The molecule has 0 unspecified atom stereocenters. The van der Waals surface area contributed by atoms with Gasteiger partial charge in [-0.1, -0.05) is 11.6 Å². The predicted molar refractivity (Wildman–Crippen MR) is 108 cm³/mol. The summed E-state index contributed by atoms with van der Waals surface area (Å²) >= 11 is 6.10. The van der Waals surface area contributed by atoms with Gasteiger partial charge in [0.1, 0.15) is 5.75 Å². The lowest BCUT2D eigenvalue weighted by Crippen LogP contribution is -2.36. The van der Waals surface area contributed by atoms with E-state index in [0.717, 1.165) is 38.6 Å². The highest BCUT2D eigenvalue weighted by molar-refractivity contribution is 6.32. The van der Waals surface area contributed by atoms with Crippen LogP contribution in [-0.4, -0.2) is 51.0 Å². The molecule has 0 aliphatic heterocycles. The number of carbonyl (C=O) groups is 2. The Kier molecular flexibility index (Phi) is 8.38. The zero-order valence-electron chi connectivity index (χ0n) is 16.4. The smallest absolute Gasteiger partial charge is 0.227 e. The first-order chi connectivity index (χ1) is 12.9. The van der Waals surface area contributed by atoms with E-state index in [9.17, 15) is 9.59 Å². The molecule has 2 amide bonds. The molecule has 1 fully saturated rings. The summed E-state index contributed by atoms with van der Waals surface area (Å²) in [6.07, 6.45) is 3.90. The van der Waals surface area contributed by atoms with Crippen molar-refractivity contribution in [3.8, 4) is 5.75 Å². The lowest BCUT2D eigenvalue weighted by Gasteiger charge is -2.27. The second kappa shape index (κ2) is 10.5. The lowest BCUT2D eigenvalue weighted by atomic mass is 9.81. The number of methoxy groups -OCH3 is 1. The van der Waals surface area contributed by atoms with Gasteiger partial charge in [-0.05, 0) is 70.9 Å². The average Bonchev–Trinajstić information content (AvgIpc) is 2.65. The monoisotopic (exact) mass is 395 g/mol. The molecule has 1 saturated carbocycles. The van der Waals surface area contributed by atoms with Gasteiger partial charge in [0.05, 0.1) is 12.1 Å². The maximum atomic E-state index is 12.5. The van der Waals surface area contributed by atoms with Crippen LogP contribution in [0.2, 0.25) is 5.02 Å². The van der Waals surface area contributed by atoms with Crippen molar-refractivity contribution in [1.29, 1.82) is 0 Å². The highest BCUT2D eigenvalue weighted by atomic mass is 35.5. The minimum Gasteiger partial charge on any atom is -0.495 e. The Bertz CT molecular complexity index is 643. The first kappa shape index (κ1) is 21.5. The molecule has 0 spiro atoms. The normalized spacial score (nSPS) is 19.6. The molecule has 1 aromatic carbocycles. The van der Waals surface area contributed by atoms with Gasteiger partial charge in [-0.3, -0.25) is 9.59 Å². The highest BCUT2D eigenvalue weighted by Crippen LogP contribution is 2.31. The molecule has 0 bridgehead atoms. The van der Waals surface area contributed by atoms with E-state index in [0.29, 0.717) is 23.0 Å². The lowest BCUT2D eigenvalue weighted by molar-refractivity contribution is -0.128. The molecule has 0 saturated heterocycles. The van der Waals surface area contributed by atoms with Crippen molar-refractivity contribution in [3.63, 3.8) is 0 Å². The van der Waals surface area contributed by atoms with Crippen LogP contribution in [0.4, 0.5) is 5.69 Å². The maximum absolute atomic E-state index is 12.5. The fraction of sp³-hybridized carbons (Fsp3) is 0.600. The molecule has 6 nitrogen and oxygen atoms in total. The number of hydrogen-bond donors (Lipinski definition) is 2. The third-order valence-electron chi connectivity index (χ3n) is 4.97. The number of amides is 2.